The summed E-state index contributed by atoms with van der Waals surface area (Å²) in [6.45, 7) is 2.12. The van der Waals surface area contributed by atoms with Crippen molar-refractivity contribution in [2.75, 3.05) is 13.2 Å². The van der Waals surface area contributed by atoms with E-state index < -0.39 is 18.1 Å². The Bertz CT molecular complexity index is 407. The monoisotopic (exact) mass is 267 g/mol. The largest absolute Gasteiger partial charge is 0.480 e. The van der Waals surface area contributed by atoms with Gasteiger partial charge in [-0.2, -0.15) is 0 Å². The van der Waals surface area contributed by atoms with Crippen molar-refractivity contribution in [1.29, 1.82) is 0 Å². The fraction of sp³-hybridized carbons (Fsp3) is 0.385. The highest BCUT2D eigenvalue weighted by Gasteiger charge is 2.20. The molecule has 0 aliphatic heterocycles. The van der Waals surface area contributed by atoms with Crippen LogP contribution in [0.1, 0.15) is 12.5 Å². The first kappa shape index (κ1) is 15.0. The number of carboxylic acids is 1. The number of nitrogens with one attached hydrogen (secondary N) is 1. The van der Waals surface area contributed by atoms with Gasteiger partial charge in [0.25, 0.3) is 0 Å². The molecule has 19 heavy (non-hydrogen) atoms. The van der Waals surface area contributed by atoms with E-state index in [1.807, 2.05) is 30.3 Å². The summed E-state index contributed by atoms with van der Waals surface area (Å²) in [4.78, 5) is 22.3. The first-order valence-electron chi connectivity index (χ1n) is 5.91. The van der Waals surface area contributed by atoms with Crippen molar-refractivity contribution in [3.8, 4) is 0 Å². The quantitative estimate of drug-likeness (QED) is 0.780. The summed E-state index contributed by atoms with van der Waals surface area (Å²) in [6, 6.07) is 8.01. The maximum atomic E-state index is 11.4. The molecular formula is C13H17NO5. The third kappa shape index (κ3) is 5.87. The molecular weight excluding hydrogens is 250 g/mol. The molecule has 0 unspecified atom stereocenters. The van der Waals surface area contributed by atoms with Crippen LogP contribution in [-0.2, 0) is 20.9 Å². The van der Waals surface area contributed by atoms with E-state index in [0.717, 1.165) is 5.56 Å². The van der Waals surface area contributed by atoms with E-state index in [1.54, 1.807) is 6.92 Å². The molecule has 0 aliphatic rings. The number of rotatable bonds is 7. The highest BCUT2D eigenvalue weighted by molar-refractivity contribution is 5.79. The minimum absolute atomic E-state index is 0.0909. The summed E-state index contributed by atoms with van der Waals surface area (Å²) in [7, 11) is 0. The molecule has 104 valence electrons. The lowest BCUT2D eigenvalue weighted by Crippen LogP contribution is -2.44. The van der Waals surface area contributed by atoms with Crippen molar-refractivity contribution in [1.82, 2.24) is 5.32 Å². The molecule has 1 aromatic carbocycles. The fourth-order valence-corrected chi connectivity index (χ4v) is 1.32. The third-order valence-corrected chi connectivity index (χ3v) is 2.29. The lowest BCUT2D eigenvalue weighted by molar-refractivity contribution is -0.140. The van der Waals surface area contributed by atoms with Crippen molar-refractivity contribution in [2.24, 2.45) is 0 Å². The molecule has 0 radical (unpaired) electrons. The van der Waals surface area contributed by atoms with E-state index in [9.17, 15) is 9.59 Å². The molecule has 2 N–H and O–H groups in total. The van der Waals surface area contributed by atoms with E-state index >= 15 is 0 Å². The van der Waals surface area contributed by atoms with Gasteiger partial charge in [-0.1, -0.05) is 30.3 Å². The first-order valence-corrected chi connectivity index (χ1v) is 5.91. The van der Waals surface area contributed by atoms with E-state index in [-0.39, 0.29) is 13.2 Å². The molecule has 0 aromatic heterocycles. The zero-order chi connectivity index (χ0) is 14.1. The van der Waals surface area contributed by atoms with Gasteiger partial charge in [0.15, 0.2) is 6.04 Å². The van der Waals surface area contributed by atoms with Crippen molar-refractivity contribution in [2.45, 2.75) is 19.6 Å². The summed E-state index contributed by atoms with van der Waals surface area (Å²) in [5, 5.41) is 11.1. The van der Waals surface area contributed by atoms with Gasteiger partial charge >= 0.3 is 12.1 Å². The van der Waals surface area contributed by atoms with E-state index in [4.69, 9.17) is 14.6 Å². The SMILES string of the molecule is CCOC[C@H](NC(=O)OCc1ccccc1)C(=O)O. The minimum Gasteiger partial charge on any atom is -0.480 e. The van der Waals surface area contributed by atoms with Crippen molar-refractivity contribution in [3.05, 3.63) is 35.9 Å². The Morgan fingerprint density at radius 3 is 2.58 bits per heavy atom. The van der Waals surface area contributed by atoms with Crippen LogP contribution in [0.2, 0.25) is 0 Å². The lowest BCUT2D eigenvalue weighted by Gasteiger charge is -2.14. The zero-order valence-corrected chi connectivity index (χ0v) is 10.7. The van der Waals surface area contributed by atoms with Crippen molar-refractivity contribution < 1.29 is 24.2 Å². The van der Waals surface area contributed by atoms with Crippen LogP contribution in [0.15, 0.2) is 30.3 Å². The average molecular weight is 267 g/mol. The van der Waals surface area contributed by atoms with Gasteiger partial charge in [0.2, 0.25) is 0 Å². The first-order chi connectivity index (χ1) is 9.13. The van der Waals surface area contributed by atoms with Gasteiger partial charge in [-0.15, -0.1) is 0 Å². The number of alkyl carbamates (subject to hydrolysis) is 1. The summed E-state index contributed by atoms with van der Waals surface area (Å²) in [6.07, 6.45) is -0.782. The van der Waals surface area contributed by atoms with Crippen LogP contribution in [0, 0.1) is 0 Å². The molecule has 1 atom stereocenters. The van der Waals surface area contributed by atoms with Gasteiger partial charge in [-0.05, 0) is 12.5 Å². The Kier molecular flexibility index (Phi) is 6.38. The van der Waals surface area contributed by atoms with Gasteiger partial charge in [-0.25, -0.2) is 9.59 Å². The van der Waals surface area contributed by atoms with Gasteiger partial charge in [0, 0.05) is 6.61 Å². The Morgan fingerprint density at radius 1 is 1.32 bits per heavy atom. The third-order valence-electron chi connectivity index (χ3n) is 2.29. The molecule has 0 spiro atoms. The Morgan fingerprint density at radius 2 is 2.00 bits per heavy atom. The normalized spacial score (nSPS) is 11.6. The van der Waals surface area contributed by atoms with Gasteiger partial charge in [0.05, 0.1) is 6.61 Å². The Labute approximate surface area is 111 Å². The van der Waals surface area contributed by atoms with Crippen LogP contribution >= 0.6 is 0 Å². The molecule has 1 rings (SSSR count). The summed E-state index contributed by atoms with van der Waals surface area (Å²) in [5.74, 6) is -1.16. The van der Waals surface area contributed by atoms with Crippen LogP contribution in [0.4, 0.5) is 4.79 Å². The summed E-state index contributed by atoms with van der Waals surface area (Å²) < 4.78 is 9.89. The molecule has 6 heteroatoms. The zero-order valence-electron chi connectivity index (χ0n) is 10.7. The second kappa shape index (κ2) is 8.10. The number of carboxylic acid groups (broad SMARTS) is 1. The van der Waals surface area contributed by atoms with Gasteiger partial charge < -0.3 is 19.9 Å². The number of hydrogen-bond acceptors (Lipinski definition) is 4. The number of carbonyl (C=O) groups is 2. The molecule has 1 aromatic rings. The molecule has 0 bridgehead atoms. The molecule has 0 heterocycles. The number of carbonyl (C=O) groups excluding carboxylic acids is 1. The molecule has 0 saturated heterocycles. The second-order valence-corrected chi connectivity index (χ2v) is 3.76. The van der Waals surface area contributed by atoms with Crippen LogP contribution < -0.4 is 5.32 Å². The highest BCUT2D eigenvalue weighted by atomic mass is 16.5. The number of aliphatic carboxylic acids is 1. The fourth-order valence-electron chi connectivity index (χ4n) is 1.32. The summed E-state index contributed by atoms with van der Waals surface area (Å²) >= 11 is 0. The maximum Gasteiger partial charge on any atom is 0.408 e. The number of hydrogen-bond donors (Lipinski definition) is 2. The predicted molar refractivity (Wildman–Crippen MR) is 67.7 cm³/mol. The van der Waals surface area contributed by atoms with Crippen LogP contribution in [0.25, 0.3) is 0 Å². The van der Waals surface area contributed by atoms with Gasteiger partial charge in [-0.3, -0.25) is 0 Å². The smallest absolute Gasteiger partial charge is 0.408 e. The van der Waals surface area contributed by atoms with E-state index in [2.05, 4.69) is 5.32 Å². The van der Waals surface area contributed by atoms with Crippen LogP contribution in [-0.4, -0.2) is 36.4 Å². The van der Waals surface area contributed by atoms with E-state index in [1.165, 1.54) is 0 Å². The highest BCUT2D eigenvalue weighted by Crippen LogP contribution is 2.00. The van der Waals surface area contributed by atoms with Crippen LogP contribution in [0.5, 0.6) is 0 Å². The second-order valence-electron chi connectivity index (χ2n) is 3.76. The van der Waals surface area contributed by atoms with Crippen molar-refractivity contribution in [3.63, 3.8) is 0 Å². The molecule has 0 saturated carbocycles. The molecule has 0 aliphatic carbocycles. The number of ether oxygens (including phenoxy) is 2. The lowest BCUT2D eigenvalue weighted by atomic mass is 10.2. The average Bonchev–Trinajstić information content (AvgIpc) is 2.42. The number of benzene rings is 1. The minimum atomic E-state index is -1.16. The van der Waals surface area contributed by atoms with Crippen molar-refractivity contribution >= 4 is 12.1 Å². The Hall–Kier alpha value is -2.08. The standard InChI is InChI=1S/C13H17NO5/c1-2-18-9-11(12(15)16)14-13(17)19-8-10-6-4-3-5-7-10/h3-7,11H,2,8-9H2,1H3,(H,14,17)(H,15,16)/t11-/m0/s1. The maximum absolute atomic E-state index is 11.4. The van der Waals surface area contributed by atoms with Crippen LogP contribution in [0.3, 0.4) is 0 Å². The predicted octanol–water partition coefficient (Wildman–Crippen LogP) is 1.40. The topological polar surface area (TPSA) is 84.9 Å². The summed E-state index contributed by atoms with van der Waals surface area (Å²) in [5.41, 5.74) is 0.828. The number of amides is 1. The van der Waals surface area contributed by atoms with E-state index in [0.29, 0.717) is 6.61 Å². The molecule has 1 amide bonds. The molecule has 6 nitrogen and oxygen atoms in total. The van der Waals surface area contributed by atoms with Gasteiger partial charge in [0.1, 0.15) is 6.61 Å². The molecule has 0 fully saturated rings. The Balaban J connectivity index is 2.38.